The third-order valence-electron chi connectivity index (χ3n) is 2.47. The lowest BCUT2D eigenvalue weighted by atomic mass is 10.2. The van der Waals surface area contributed by atoms with Crippen molar-refractivity contribution in [3.63, 3.8) is 0 Å². The normalized spacial score (nSPS) is 19.9. The molecule has 0 aromatic carbocycles. The standard InChI is InChI=1S/C10H15N3O3/c1-15-6-8-4-9(13-16-8)10(14)12-7-2-3-11-5-7/h4,7,11H,2-3,5-6H2,1H3,(H,12,14)/t7-/m1/s1. The minimum Gasteiger partial charge on any atom is -0.377 e. The van der Waals surface area contributed by atoms with Gasteiger partial charge in [-0.1, -0.05) is 5.16 Å². The van der Waals surface area contributed by atoms with Crippen molar-refractivity contribution in [2.45, 2.75) is 19.1 Å². The molecule has 1 aromatic heterocycles. The summed E-state index contributed by atoms with van der Waals surface area (Å²) >= 11 is 0. The van der Waals surface area contributed by atoms with Crippen molar-refractivity contribution < 1.29 is 14.1 Å². The molecule has 1 aliphatic heterocycles. The Morgan fingerprint density at radius 3 is 3.38 bits per heavy atom. The van der Waals surface area contributed by atoms with Crippen molar-refractivity contribution in [1.29, 1.82) is 0 Å². The Hall–Kier alpha value is -1.40. The number of carbonyl (C=O) groups excluding carboxylic acids is 1. The molecule has 16 heavy (non-hydrogen) atoms. The van der Waals surface area contributed by atoms with Gasteiger partial charge in [0, 0.05) is 25.8 Å². The molecule has 0 radical (unpaired) electrons. The fourth-order valence-electron chi connectivity index (χ4n) is 1.67. The predicted octanol–water partition coefficient (Wildman–Crippen LogP) is -0.0873. The van der Waals surface area contributed by atoms with Crippen LogP contribution in [0.2, 0.25) is 0 Å². The largest absolute Gasteiger partial charge is 0.377 e. The van der Waals surface area contributed by atoms with Gasteiger partial charge in [0.05, 0.1) is 0 Å². The van der Waals surface area contributed by atoms with E-state index in [1.54, 1.807) is 13.2 Å². The van der Waals surface area contributed by atoms with E-state index in [0.717, 1.165) is 19.5 Å². The maximum Gasteiger partial charge on any atom is 0.273 e. The fourth-order valence-corrected chi connectivity index (χ4v) is 1.67. The van der Waals surface area contributed by atoms with Gasteiger partial charge in [0.2, 0.25) is 0 Å². The number of rotatable bonds is 4. The molecule has 2 rings (SSSR count). The van der Waals surface area contributed by atoms with E-state index in [1.807, 2.05) is 0 Å². The Morgan fingerprint density at radius 1 is 1.81 bits per heavy atom. The molecule has 0 bridgehead atoms. The molecule has 1 aliphatic rings. The van der Waals surface area contributed by atoms with Crippen molar-refractivity contribution in [2.24, 2.45) is 0 Å². The van der Waals surface area contributed by atoms with Crippen molar-refractivity contribution in [2.75, 3.05) is 20.2 Å². The number of amides is 1. The van der Waals surface area contributed by atoms with Gasteiger partial charge in [-0.25, -0.2) is 0 Å². The molecule has 0 spiro atoms. The molecule has 0 aliphatic carbocycles. The second kappa shape index (κ2) is 5.09. The molecule has 2 N–H and O–H groups in total. The second-order valence-corrected chi connectivity index (χ2v) is 3.77. The number of hydrogen-bond acceptors (Lipinski definition) is 5. The van der Waals surface area contributed by atoms with Gasteiger partial charge in [-0.2, -0.15) is 0 Å². The number of methoxy groups -OCH3 is 1. The van der Waals surface area contributed by atoms with E-state index >= 15 is 0 Å². The molecule has 1 saturated heterocycles. The highest BCUT2D eigenvalue weighted by Gasteiger charge is 2.19. The molecular formula is C10H15N3O3. The van der Waals surface area contributed by atoms with Crippen molar-refractivity contribution in [3.8, 4) is 0 Å². The Labute approximate surface area is 93.3 Å². The SMILES string of the molecule is COCc1cc(C(=O)N[C@@H]2CCNC2)no1. The summed E-state index contributed by atoms with van der Waals surface area (Å²) in [5.74, 6) is 0.358. The summed E-state index contributed by atoms with van der Waals surface area (Å²) in [4.78, 5) is 11.7. The van der Waals surface area contributed by atoms with Crippen LogP contribution in [0.25, 0.3) is 0 Å². The van der Waals surface area contributed by atoms with Crippen molar-refractivity contribution in [1.82, 2.24) is 15.8 Å². The van der Waals surface area contributed by atoms with Crippen LogP contribution < -0.4 is 10.6 Å². The summed E-state index contributed by atoms with van der Waals surface area (Å²) in [6.45, 7) is 2.08. The van der Waals surface area contributed by atoms with E-state index in [-0.39, 0.29) is 11.9 Å². The highest BCUT2D eigenvalue weighted by atomic mass is 16.5. The van der Waals surface area contributed by atoms with Crippen LogP contribution in [0.3, 0.4) is 0 Å². The van der Waals surface area contributed by atoms with Gasteiger partial charge in [-0.15, -0.1) is 0 Å². The third kappa shape index (κ3) is 2.59. The first-order chi connectivity index (χ1) is 7.79. The topological polar surface area (TPSA) is 76.4 Å². The van der Waals surface area contributed by atoms with E-state index in [2.05, 4.69) is 15.8 Å². The lowest BCUT2D eigenvalue weighted by Gasteiger charge is -2.08. The highest BCUT2D eigenvalue weighted by Crippen LogP contribution is 2.06. The van der Waals surface area contributed by atoms with E-state index in [0.29, 0.717) is 18.1 Å². The quantitative estimate of drug-likeness (QED) is 0.749. The number of aromatic nitrogens is 1. The molecule has 0 unspecified atom stereocenters. The first kappa shape index (κ1) is 11.1. The van der Waals surface area contributed by atoms with Gasteiger partial charge >= 0.3 is 0 Å². The number of nitrogens with one attached hydrogen (secondary N) is 2. The van der Waals surface area contributed by atoms with E-state index < -0.39 is 0 Å². The molecule has 6 heteroatoms. The number of hydrogen-bond donors (Lipinski definition) is 2. The lowest BCUT2D eigenvalue weighted by molar-refractivity contribution is 0.0930. The summed E-state index contributed by atoms with van der Waals surface area (Å²) < 4.78 is 9.82. The van der Waals surface area contributed by atoms with E-state index in [1.165, 1.54) is 0 Å². The average molecular weight is 225 g/mol. The average Bonchev–Trinajstić information content (AvgIpc) is 2.89. The van der Waals surface area contributed by atoms with Gasteiger partial charge in [-0.05, 0) is 13.0 Å². The molecule has 1 atom stereocenters. The third-order valence-corrected chi connectivity index (χ3v) is 2.47. The lowest BCUT2D eigenvalue weighted by Crippen LogP contribution is -2.36. The van der Waals surface area contributed by atoms with Crippen molar-refractivity contribution in [3.05, 3.63) is 17.5 Å². The van der Waals surface area contributed by atoms with Gasteiger partial charge in [0.25, 0.3) is 5.91 Å². The zero-order valence-corrected chi connectivity index (χ0v) is 9.16. The van der Waals surface area contributed by atoms with Crippen LogP contribution in [0.1, 0.15) is 22.7 Å². The first-order valence-corrected chi connectivity index (χ1v) is 5.25. The zero-order chi connectivity index (χ0) is 11.4. The molecule has 88 valence electrons. The molecule has 2 heterocycles. The van der Waals surface area contributed by atoms with Gasteiger partial charge in [-0.3, -0.25) is 4.79 Å². The number of carbonyl (C=O) groups is 1. The monoisotopic (exact) mass is 225 g/mol. The van der Waals surface area contributed by atoms with Crippen LogP contribution in [-0.2, 0) is 11.3 Å². The van der Waals surface area contributed by atoms with E-state index in [9.17, 15) is 4.79 Å². The van der Waals surface area contributed by atoms with Crippen molar-refractivity contribution >= 4 is 5.91 Å². The number of ether oxygens (including phenoxy) is 1. The zero-order valence-electron chi connectivity index (χ0n) is 9.16. The minimum atomic E-state index is -0.195. The Morgan fingerprint density at radius 2 is 2.69 bits per heavy atom. The van der Waals surface area contributed by atoms with Crippen LogP contribution in [0.4, 0.5) is 0 Å². The molecule has 0 saturated carbocycles. The van der Waals surface area contributed by atoms with Crippen LogP contribution in [0, 0.1) is 0 Å². The fraction of sp³-hybridized carbons (Fsp3) is 0.600. The van der Waals surface area contributed by atoms with E-state index in [4.69, 9.17) is 9.26 Å². The van der Waals surface area contributed by atoms with Crippen LogP contribution in [0.15, 0.2) is 10.6 Å². The molecule has 1 fully saturated rings. The smallest absolute Gasteiger partial charge is 0.273 e. The van der Waals surface area contributed by atoms with Crippen LogP contribution >= 0.6 is 0 Å². The van der Waals surface area contributed by atoms with Gasteiger partial charge < -0.3 is 19.9 Å². The molecule has 1 amide bonds. The van der Waals surface area contributed by atoms with Gasteiger partial charge in [0.15, 0.2) is 11.5 Å². The summed E-state index contributed by atoms with van der Waals surface area (Å²) in [7, 11) is 1.56. The number of nitrogens with zero attached hydrogens (tertiary/aromatic N) is 1. The highest BCUT2D eigenvalue weighted by molar-refractivity contribution is 5.92. The maximum absolute atomic E-state index is 11.7. The van der Waals surface area contributed by atoms with Gasteiger partial charge in [0.1, 0.15) is 6.61 Å². The summed E-state index contributed by atoms with van der Waals surface area (Å²) in [6, 6.07) is 1.79. The molecule has 6 nitrogen and oxygen atoms in total. The first-order valence-electron chi connectivity index (χ1n) is 5.25. The predicted molar refractivity (Wildman–Crippen MR) is 56.0 cm³/mol. The van der Waals surface area contributed by atoms with Crippen LogP contribution in [-0.4, -0.2) is 37.3 Å². The maximum atomic E-state index is 11.7. The summed E-state index contributed by atoms with van der Waals surface area (Å²) in [6.07, 6.45) is 0.953. The molecule has 1 aromatic rings. The summed E-state index contributed by atoms with van der Waals surface area (Å²) in [5.41, 5.74) is 0.305. The Balaban J connectivity index is 1.91. The Kier molecular flexibility index (Phi) is 3.53. The minimum absolute atomic E-state index is 0.190. The second-order valence-electron chi connectivity index (χ2n) is 3.77. The summed E-state index contributed by atoms with van der Waals surface area (Å²) in [5, 5.41) is 9.75. The van der Waals surface area contributed by atoms with Crippen LogP contribution in [0.5, 0.6) is 0 Å². The molecular weight excluding hydrogens is 210 g/mol. The Bertz CT molecular complexity index is 358.